The summed E-state index contributed by atoms with van der Waals surface area (Å²) in [5.74, 6) is 0. The highest BCUT2D eigenvalue weighted by Crippen LogP contribution is 2.26. The zero-order valence-electron chi connectivity index (χ0n) is 10.7. The monoisotopic (exact) mass is 304 g/mol. The lowest BCUT2D eigenvalue weighted by molar-refractivity contribution is -0.387. The Morgan fingerprint density at radius 1 is 1.15 bits per heavy atom. The fourth-order valence-corrected chi connectivity index (χ4v) is 3.30. The number of aliphatic hydroxyl groups is 2. The van der Waals surface area contributed by atoms with E-state index in [9.17, 15) is 18.5 Å². The number of nitro groups is 1. The maximum absolute atomic E-state index is 12.4. The highest BCUT2D eigenvalue weighted by atomic mass is 32.2. The molecule has 0 unspecified atom stereocenters. The van der Waals surface area contributed by atoms with Crippen molar-refractivity contribution in [3.63, 3.8) is 0 Å². The molecule has 20 heavy (non-hydrogen) atoms. The van der Waals surface area contributed by atoms with Crippen molar-refractivity contribution in [2.24, 2.45) is 0 Å². The van der Waals surface area contributed by atoms with Crippen LogP contribution < -0.4 is 0 Å². The molecule has 0 aliphatic heterocycles. The van der Waals surface area contributed by atoms with Gasteiger partial charge in [-0.25, -0.2) is 8.42 Å². The number of hydrogen-bond donors (Lipinski definition) is 2. The van der Waals surface area contributed by atoms with Crippen molar-refractivity contribution in [3.8, 4) is 0 Å². The van der Waals surface area contributed by atoms with Gasteiger partial charge in [-0.1, -0.05) is 12.1 Å². The van der Waals surface area contributed by atoms with Crippen LogP contribution in [0.2, 0.25) is 0 Å². The maximum atomic E-state index is 12.4. The van der Waals surface area contributed by atoms with Crippen molar-refractivity contribution in [2.45, 2.75) is 11.3 Å². The van der Waals surface area contributed by atoms with E-state index in [2.05, 4.69) is 0 Å². The minimum absolute atomic E-state index is 0.0224. The molecule has 0 fully saturated rings. The number of sulfonamides is 1. The molecule has 9 heteroatoms. The quantitative estimate of drug-likeness (QED) is 0.513. The maximum Gasteiger partial charge on any atom is 0.289 e. The number of hydrogen-bond acceptors (Lipinski definition) is 6. The molecule has 0 heterocycles. The van der Waals surface area contributed by atoms with Crippen LogP contribution in [0.4, 0.5) is 5.69 Å². The highest BCUT2D eigenvalue weighted by Gasteiger charge is 2.30. The van der Waals surface area contributed by atoms with Gasteiger partial charge in [0, 0.05) is 25.8 Å². The third-order valence-corrected chi connectivity index (χ3v) is 4.54. The predicted molar refractivity (Wildman–Crippen MR) is 70.6 cm³/mol. The number of para-hydroxylation sites is 1. The lowest BCUT2D eigenvalue weighted by Crippen LogP contribution is -2.35. The third kappa shape index (κ3) is 3.73. The van der Waals surface area contributed by atoms with Gasteiger partial charge in [-0.3, -0.25) is 10.1 Å². The lowest BCUT2D eigenvalue weighted by atomic mass is 10.3. The average molecular weight is 304 g/mol. The molecular formula is C11H16N2O6S. The summed E-state index contributed by atoms with van der Waals surface area (Å²) in [4.78, 5) is 9.71. The molecule has 1 aromatic rings. The van der Waals surface area contributed by atoms with E-state index in [1.807, 2.05) is 0 Å². The number of nitrogens with zero attached hydrogens (tertiary/aromatic N) is 2. The SMILES string of the molecule is O=[N+]([O-])c1ccccc1S(=O)(=O)N(CCO)CCCO. The molecule has 1 aromatic carbocycles. The van der Waals surface area contributed by atoms with E-state index < -0.39 is 32.1 Å². The van der Waals surface area contributed by atoms with Gasteiger partial charge in [-0.15, -0.1) is 0 Å². The molecule has 0 spiro atoms. The second kappa shape index (κ2) is 7.29. The molecule has 0 bridgehead atoms. The van der Waals surface area contributed by atoms with Crippen LogP contribution in [-0.2, 0) is 10.0 Å². The van der Waals surface area contributed by atoms with Gasteiger partial charge in [-0.2, -0.15) is 4.31 Å². The Morgan fingerprint density at radius 2 is 1.80 bits per heavy atom. The summed E-state index contributed by atoms with van der Waals surface area (Å²) in [6.45, 7) is -0.834. The van der Waals surface area contributed by atoms with Crippen molar-refractivity contribution in [1.29, 1.82) is 0 Å². The van der Waals surface area contributed by atoms with Gasteiger partial charge in [0.1, 0.15) is 0 Å². The van der Waals surface area contributed by atoms with Crippen LogP contribution in [0.15, 0.2) is 29.2 Å². The topological polar surface area (TPSA) is 121 Å². The molecule has 0 saturated carbocycles. The standard InChI is InChI=1S/C11H16N2O6S/c14-8-3-6-12(7-9-15)20(18,19)11-5-2-1-4-10(11)13(16)17/h1-2,4-5,14-15H,3,6-9H2. The van der Waals surface area contributed by atoms with Crippen molar-refractivity contribution in [3.05, 3.63) is 34.4 Å². The zero-order valence-corrected chi connectivity index (χ0v) is 11.5. The molecule has 0 amide bonds. The fourth-order valence-electron chi connectivity index (χ4n) is 1.68. The molecular weight excluding hydrogens is 288 g/mol. The Balaban J connectivity index is 3.22. The number of nitro benzene ring substituents is 1. The smallest absolute Gasteiger partial charge is 0.289 e. The first-order valence-corrected chi connectivity index (χ1v) is 7.34. The van der Waals surface area contributed by atoms with Crippen LogP contribution in [-0.4, -0.2) is 54.2 Å². The van der Waals surface area contributed by atoms with E-state index >= 15 is 0 Å². The van der Waals surface area contributed by atoms with E-state index in [4.69, 9.17) is 10.2 Å². The van der Waals surface area contributed by atoms with Crippen LogP contribution in [0.3, 0.4) is 0 Å². The molecule has 0 atom stereocenters. The van der Waals surface area contributed by atoms with E-state index in [0.717, 1.165) is 16.4 Å². The predicted octanol–water partition coefficient (Wildman–Crippen LogP) is -0.0398. The fraction of sp³-hybridized carbons (Fsp3) is 0.455. The van der Waals surface area contributed by atoms with Crippen LogP contribution >= 0.6 is 0 Å². The number of aliphatic hydroxyl groups excluding tert-OH is 2. The molecule has 8 nitrogen and oxygen atoms in total. The first kappa shape index (κ1) is 16.5. The molecule has 0 aliphatic rings. The Labute approximate surface area is 116 Å². The lowest BCUT2D eigenvalue weighted by Gasteiger charge is -2.20. The number of benzene rings is 1. The average Bonchev–Trinajstić information content (AvgIpc) is 2.43. The van der Waals surface area contributed by atoms with Gasteiger partial charge >= 0.3 is 0 Å². The van der Waals surface area contributed by atoms with Crippen LogP contribution in [0.5, 0.6) is 0 Å². The Morgan fingerprint density at radius 3 is 2.35 bits per heavy atom. The minimum atomic E-state index is -4.09. The van der Waals surface area contributed by atoms with Crippen molar-refractivity contribution in [2.75, 3.05) is 26.3 Å². The molecule has 0 saturated heterocycles. The van der Waals surface area contributed by atoms with E-state index in [0.29, 0.717) is 0 Å². The molecule has 2 N–H and O–H groups in total. The van der Waals surface area contributed by atoms with Crippen LogP contribution in [0.25, 0.3) is 0 Å². The number of rotatable bonds is 8. The molecule has 0 radical (unpaired) electrons. The van der Waals surface area contributed by atoms with Crippen molar-refractivity contribution in [1.82, 2.24) is 4.31 Å². The van der Waals surface area contributed by atoms with E-state index in [-0.39, 0.29) is 26.1 Å². The van der Waals surface area contributed by atoms with Gasteiger partial charge in [0.15, 0.2) is 4.90 Å². The summed E-state index contributed by atoms with van der Waals surface area (Å²) in [6, 6.07) is 5.02. The summed E-state index contributed by atoms with van der Waals surface area (Å²) in [6.07, 6.45) is 0.180. The normalized spacial score (nSPS) is 11.8. The first-order valence-electron chi connectivity index (χ1n) is 5.90. The Bertz CT molecular complexity index is 560. The Kier molecular flexibility index (Phi) is 6.02. The van der Waals surface area contributed by atoms with Gasteiger partial charge in [0.25, 0.3) is 5.69 Å². The van der Waals surface area contributed by atoms with E-state index in [1.54, 1.807) is 0 Å². The van der Waals surface area contributed by atoms with E-state index in [1.165, 1.54) is 12.1 Å². The molecule has 0 aliphatic carbocycles. The minimum Gasteiger partial charge on any atom is -0.396 e. The molecule has 0 aromatic heterocycles. The second-order valence-electron chi connectivity index (χ2n) is 3.93. The van der Waals surface area contributed by atoms with Crippen LogP contribution in [0.1, 0.15) is 6.42 Å². The first-order chi connectivity index (χ1) is 9.45. The Hall–Kier alpha value is -1.55. The third-order valence-electron chi connectivity index (χ3n) is 2.59. The van der Waals surface area contributed by atoms with Gasteiger partial charge < -0.3 is 10.2 Å². The highest BCUT2D eigenvalue weighted by molar-refractivity contribution is 7.89. The van der Waals surface area contributed by atoms with Crippen LogP contribution in [0, 0.1) is 10.1 Å². The summed E-state index contributed by atoms with van der Waals surface area (Å²) >= 11 is 0. The summed E-state index contributed by atoms with van der Waals surface area (Å²) in [7, 11) is -4.09. The molecule has 112 valence electrons. The summed E-state index contributed by atoms with van der Waals surface area (Å²) < 4.78 is 25.7. The van der Waals surface area contributed by atoms with Gasteiger partial charge in [0.05, 0.1) is 11.5 Å². The second-order valence-corrected chi connectivity index (χ2v) is 5.84. The summed E-state index contributed by atoms with van der Waals surface area (Å²) in [5, 5.41) is 28.6. The largest absolute Gasteiger partial charge is 0.396 e. The van der Waals surface area contributed by atoms with Crippen molar-refractivity contribution < 1.29 is 23.6 Å². The zero-order chi connectivity index (χ0) is 15.2. The van der Waals surface area contributed by atoms with Gasteiger partial charge in [0.2, 0.25) is 10.0 Å². The summed E-state index contributed by atoms with van der Waals surface area (Å²) in [5.41, 5.74) is -0.514. The van der Waals surface area contributed by atoms with Gasteiger partial charge in [-0.05, 0) is 12.5 Å². The van der Waals surface area contributed by atoms with Crippen molar-refractivity contribution >= 4 is 15.7 Å². The molecule has 1 rings (SSSR count).